The van der Waals surface area contributed by atoms with Gasteiger partial charge in [-0.3, -0.25) is 9.59 Å². The number of hydrogen-bond acceptors (Lipinski definition) is 8. The van der Waals surface area contributed by atoms with Crippen LogP contribution in [0.5, 0.6) is 0 Å². The van der Waals surface area contributed by atoms with E-state index in [1.54, 1.807) is 31.2 Å². The van der Waals surface area contributed by atoms with Gasteiger partial charge in [0.1, 0.15) is 12.4 Å². The van der Waals surface area contributed by atoms with Crippen molar-refractivity contribution in [2.75, 3.05) is 0 Å². The van der Waals surface area contributed by atoms with Gasteiger partial charge in [-0.05, 0) is 6.07 Å². The number of carbonyl (C=O) groups excluding carboxylic acids is 2. The zero-order chi connectivity index (χ0) is 20.9. The zero-order valence-corrected chi connectivity index (χ0v) is 23.3. The Morgan fingerprint density at radius 1 is 1.20 bits per heavy atom. The van der Waals surface area contributed by atoms with Crippen molar-refractivity contribution in [2.45, 2.75) is 33.9 Å². The van der Waals surface area contributed by atoms with E-state index in [9.17, 15) is 23.9 Å². The summed E-state index contributed by atoms with van der Waals surface area (Å²) >= 11 is 1.07. The quantitative estimate of drug-likeness (QED) is 0.203. The molecule has 0 amide bonds. The first kappa shape index (κ1) is 29.8. The predicted molar refractivity (Wildman–Crippen MR) is 102 cm³/mol. The molecule has 0 radical (unpaired) electrons. The normalized spacial score (nSPS) is 10.4. The number of aromatic nitrogens is 2. The van der Waals surface area contributed by atoms with E-state index >= 15 is 0 Å². The summed E-state index contributed by atoms with van der Waals surface area (Å²) in [6.45, 7) is 5.18. The molecule has 0 saturated carbocycles. The molecule has 3 rings (SSSR count). The topological polar surface area (TPSA) is 124 Å². The number of phosphoric acid groups is 1. The van der Waals surface area contributed by atoms with Gasteiger partial charge in [-0.15, -0.1) is 11.3 Å². The van der Waals surface area contributed by atoms with Crippen LogP contribution in [0.4, 0.5) is 0 Å². The second kappa shape index (κ2) is 13.4. The molecule has 0 N–H and O–H groups in total. The maximum Gasteiger partial charge on any atom is 1.00 e. The number of nitrogens with zero attached hydrogens (tertiary/aromatic N) is 2. The molecule has 12 heteroatoms. The van der Waals surface area contributed by atoms with E-state index in [-0.39, 0.29) is 81.2 Å². The summed E-state index contributed by atoms with van der Waals surface area (Å²) in [4.78, 5) is 50.1. The third-order valence-corrected chi connectivity index (χ3v) is 4.97. The van der Waals surface area contributed by atoms with E-state index < -0.39 is 20.3 Å². The summed E-state index contributed by atoms with van der Waals surface area (Å²) in [6, 6.07) is 6.80. The molecule has 3 aromatic rings. The molecular weight excluding hydrogens is 449 g/mol. The molecule has 0 unspecified atom stereocenters. The predicted octanol–water partition coefficient (Wildman–Crippen LogP) is -3.24. The molecule has 0 fully saturated rings. The number of rotatable bonds is 7. The first-order valence-electron chi connectivity index (χ1n) is 8.58. The van der Waals surface area contributed by atoms with Gasteiger partial charge < -0.3 is 23.4 Å². The molecular formula is C18H19N2Na2O6PS. The van der Waals surface area contributed by atoms with Crippen LogP contribution in [0.3, 0.4) is 0 Å². The minimum atomic E-state index is -5.15. The molecule has 0 saturated heterocycles. The molecule has 30 heavy (non-hydrogen) atoms. The van der Waals surface area contributed by atoms with Gasteiger partial charge in [-0.1, -0.05) is 39.0 Å². The molecule has 150 valence electrons. The van der Waals surface area contributed by atoms with Crippen LogP contribution in [0, 0.1) is 0 Å². The first-order chi connectivity index (χ1) is 13.3. The Morgan fingerprint density at radius 3 is 2.43 bits per heavy atom. The van der Waals surface area contributed by atoms with Crippen LogP contribution < -0.4 is 68.9 Å². The van der Waals surface area contributed by atoms with E-state index in [0.717, 1.165) is 11.3 Å². The van der Waals surface area contributed by atoms with Crippen molar-refractivity contribution in [3.05, 3.63) is 52.1 Å². The summed E-state index contributed by atoms with van der Waals surface area (Å²) in [5, 5.41) is 2.25. The van der Waals surface area contributed by atoms with E-state index in [2.05, 4.69) is 9.51 Å². The van der Waals surface area contributed by atoms with Gasteiger partial charge >= 0.3 is 59.1 Å². The maximum atomic E-state index is 12.8. The van der Waals surface area contributed by atoms with Gasteiger partial charge in [-0.2, -0.15) is 0 Å². The fraction of sp³-hybridized carbons (Fsp3) is 0.278. The Balaban J connectivity index is 0.00000204. The zero-order valence-electron chi connectivity index (χ0n) is 17.6. The number of phosphoric ester groups is 1. The van der Waals surface area contributed by atoms with Gasteiger partial charge in [0.15, 0.2) is 10.8 Å². The first-order valence-corrected chi connectivity index (χ1v) is 10.9. The van der Waals surface area contributed by atoms with Crippen LogP contribution in [-0.4, -0.2) is 21.1 Å². The molecule has 0 aliphatic heterocycles. The number of carbonyl (C=O) groups is 2. The van der Waals surface area contributed by atoms with Crippen LogP contribution in [0.1, 0.15) is 53.0 Å². The molecule has 8 nitrogen and oxygen atoms in total. The largest absolute Gasteiger partial charge is 1.00 e. The van der Waals surface area contributed by atoms with Crippen LogP contribution in [-0.2, 0) is 15.8 Å². The number of ketones is 2. The number of benzene rings is 1. The Hall–Kier alpha value is -0.160. The summed E-state index contributed by atoms with van der Waals surface area (Å²) < 4.78 is 16.4. The number of para-hydroxylation sites is 1. The van der Waals surface area contributed by atoms with Gasteiger partial charge in [0, 0.05) is 23.4 Å². The monoisotopic (exact) mass is 468 g/mol. The molecule has 2 aromatic heterocycles. The number of Topliss-reactive ketones (excluding diaryl/α,β-unsaturated/α-hetero) is 1. The van der Waals surface area contributed by atoms with Gasteiger partial charge in [0.2, 0.25) is 5.78 Å². The Labute approximate surface area is 222 Å². The van der Waals surface area contributed by atoms with Crippen molar-refractivity contribution in [1.29, 1.82) is 0 Å². The summed E-state index contributed by atoms with van der Waals surface area (Å²) in [5.41, 5.74) is 1.05. The van der Waals surface area contributed by atoms with Crippen molar-refractivity contribution in [2.24, 2.45) is 0 Å². The molecule has 1 aromatic carbocycles. The summed E-state index contributed by atoms with van der Waals surface area (Å²) in [6.07, 6.45) is 1.70. The fourth-order valence-electron chi connectivity index (χ4n) is 2.47. The van der Waals surface area contributed by atoms with E-state index in [4.69, 9.17) is 0 Å². The number of thiazole rings is 1. The third-order valence-electron chi connectivity index (χ3n) is 3.69. The molecule has 2 heterocycles. The molecule has 0 bridgehead atoms. The second-order valence-electron chi connectivity index (χ2n) is 5.38. The van der Waals surface area contributed by atoms with E-state index in [0.29, 0.717) is 17.3 Å². The minimum absolute atomic E-state index is 0. The Kier molecular flexibility index (Phi) is 13.3. The van der Waals surface area contributed by atoms with Crippen molar-refractivity contribution in [3.63, 3.8) is 0 Å². The van der Waals surface area contributed by atoms with E-state index in [1.807, 2.05) is 13.8 Å². The van der Waals surface area contributed by atoms with Crippen LogP contribution >= 0.6 is 19.2 Å². The van der Waals surface area contributed by atoms with Gasteiger partial charge in [0.05, 0.1) is 18.9 Å². The number of fused-ring (bicyclic) bond motifs is 1. The summed E-state index contributed by atoms with van der Waals surface area (Å²) in [7, 11) is -5.15. The van der Waals surface area contributed by atoms with E-state index in [1.165, 1.54) is 16.1 Å². The Morgan fingerprint density at radius 2 is 1.83 bits per heavy atom. The van der Waals surface area contributed by atoms with Crippen LogP contribution in [0.15, 0.2) is 35.8 Å². The average molecular weight is 468 g/mol. The SMILES string of the molecule is CC.CCC(=O)c1csc(C(=O)c2cn(COP(=O)([O-])[O-])c3ccccc23)n1.[Na+].[Na+]. The molecule has 0 spiro atoms. The summed E-state index contributed by atoms with van der Waals surface area (Å²) in [5.74, 6) is -0.551. The average Bonchev–Trinajstić information content (AvgIpc) is 3.32. The minimum Gasteiger partial charge on any atom is -0.790 e. The molecule has 0 aliphatic rings. The van der Waals surface area contributed by atoms with Crippen molar-refractivity contribution in [1.82, 2.24) is 9.55 Å². The van der Waals surface area contributed by atoms with Crippen LogP contribution in [0.2, 0.25) is 0 Å². The van der Waals surface area contributed by atoms with Crippen molar-refractivity contribution in [3.8, 4) is 0 Å². The molecule has 0 aliphatic carbocycles. The Bertz CT molecular complexity index is 1050. The van der Waals surface area contributed by atoms with Gasteiger partial charge in [0.25, 0.3) is 0 Å². The standard InChI is InChI=1S/C16H15N2O6PS.C2H6.2Na/c1-2-14(19)12-8-26-16(17-12)15(20)11-7-18(9-24-25(21,22)23)13-6-4-3-5-10(11)13;1-2;;/h3-8H,2,9H2,1H3,(H2,21,22,23);1-2H3;;/q;;2*+1/p-2. The van der Waals surface area contributed by atoms with Crippen molar-refractivity contribution >= 4 is 41.6 Å². The fourth-order valence-corrected chi connectivity index (χ4v) is 3.51. The molecule has 0 atom stereocenters. The van der Waals surface area contributed by atoms with Crippen LogP contribution in [0.25, 0.3) is 10.9 Å². The maximum absolute atomic E-state index is 12.8. The second-order valence-corrected chi connectivity index (χ2v) is 7.39. The van der Waals surface area contributed by atoms with Gasteiger partial charge in [-0.25, -0.2) is 4.98 Å². The number of hydrogen-bond donors (Lipinski definition) is 0. The van der Waals surface area contributed by atoms with Crippen molar-refractivity contribution < 1.29 is 87.6 Å². The third kappa shape index (κ3) is 7.46. The smallest absolute Gasteiger partial charge is 0.790 e.